The SMILES string of the molecule is Cc1ccc(Nc2ncnc(Oc3ccc(Cl)c(C)c3)c2[N+](=O)[O-])c(C)c1. The maximum absolute atomic E-state index is 11.7. The van der Waals surface area contributed by atoms with E-state index in [-0.39, 0.29) is 17.4 Å². The van der Waals surface area contributed by atoms with Crippen LogP contribution in [0.4, 0.5) is 17.2 Å². The molecule has 0 fully saturated rings. The fourth-order valence-corrected chi connectivity index (χ4v) is 2.68. The third kappa shape index (κ3) is 4.15. The highest BCUT2D eigenvalue weighted by molar-refractivity contribution is 6.31. The molecule has 0 saturated heterocycles. The van der Waals surface area contributed by atoms with Gasteiger partial charge in [0.05, 0.1) is 4.92 Å². The Labute approximate surface area is 161 Å². The van der Waals surface area contributed by atoms with Gasteiger partial charge in [0.25, 0.3) is 0 Å². The average molecular weight is 385 g/mol. The number of ether oxygens (including phenoxy) is 1. The number of aromatic nitrogens is 2. The standard InChI is InChI=1S/C19H17ClN4O3/c1-11-4-7-16(13(3)8-11)23-18-17(24(25)26)19(22-10-21-18)27-14-5-6-15(20)12(2)9-14/h4-10H,1-3H3,(H,21,22,23). The normalized spacial score (nSPS) is 10.5. The van der Waals surface area contributed by atoms with Crippen LogP contribution in [-0.4, -0.2) is 14.9 Å². The van der Waals surface area contributed by atoms with E-state index in [9.17, 15) is 10.1 Å². The van der Waals surface area contributed by atoms with E-state index in [1.54, 1.807) is 18.2 Å². The molecule has 0 radical (unpaired) electrons. The van der Waals surface area contributed by atoms with Crippen molar-refractivity contribution in [2.45, 2.75) is 20.8 Å². The van der Waals surface area contributed by atoms with E-state index >= 15 is 0 Å². The van der Waals surface area contributed by atoms with Crippen LogP contribution in [0.1, 0.15) is 16.7 Å². The molecular formula is C19H17ClN4O3. The molecule has 8 heteroatoms. The first-order chi connectivity index (χ1) is 12.8. The van der Waals surface area contributed by atoms with E-state index in [0.29, 0.717) is 10.8 Å². The van der Waals surface area contributed by atoms with E-state index in [1.807, 2.05) is 39.0 Å². The van der Waals surface area contributed by atoms with Crippen LogP contribution in [0.15, 0.2) is 42.7 Å². The predicted octanol–water partition coefficient (Wildman–Crippen LogP) is 5.50. The Hall–Kier alpha value is -3.19. The molecule has 0 bridgehead atoms. The third-order valence-corrected chi connectivity index (χ3v) is 4.37. The zero-order valence-corrected chi connectivity index (χ0v) is 15.7. The summed E-state index contributed by atoms with van der Waals surface area (Å²) in [5, 5.41) is 15.3. The van der Waals surface area contributed by atoms with Gasteiger partial charge in [-0.1, -0.05) is 29.3 Å². The van der Waals surface area contributed by atoms with Crippen LogP contribution >= 0.6 is 11.6 Å². The minimum absolute atomic E-state index is 0.0580. The van der Waals surface area contributed by atoms with Crippen LogP contribution in [0, 0.1) is 30.9 Å². The Morgan fingerprint density at radius 1 is 1.07 bits per heavy atom. The van der Waals surface area contributed by atoms with Gasteiger partial charge in [-0.15, -0.1) is 0 Å². The van der Waals surface area contributed by atoms with Gasteiger partial charge in [-0.2, -0.15) is 4.98 Å². The highest BCUT2D eigenvalue weighted by Gasteiger charge is 2.25. The number of anilines is 2. The summed E-state index contributed by atoms with van der Waals surface area (Å²) in [6, 6.07) is 10.7. The van der Waals surface area contributed by atoms with E-state index in [2.05, 4.69) is 15.3 Å². The van der Waals surface area contributed by atoms with Crippen LogP contribution < -0.4 is 10.1 Å². The number of hydrogen-bond acceptors (Lipinski definition) is 6. The Morgan fingerprint density at radius 2 is 1.85 bits per heavy atom. The summed E-state index contributed by atoms with van der Waals surface area (Å²) in [5.41, 5.74) is 3.20. The summed E-state index contributed by atoms with van der Waals surface area (Å²) in [6.07, 6.45) is 1.22. The molecular weight excluding hydrogens is 368 g/mol. The Morgan fingerprint density at radius 3 is 2.52 bits per heavy atom. The van der Waals surface area contributed by atoms with E-state index < -0.39 is 4.92 Å². The molecule has 3 rings (SSSR count). The van der Waals surface area contributed by atoms with E-state index in [1.165, 1.54) is 6.33 Å². The summed E-state index contributed by atoms with van der Waals surface area (Å²) >= 11 is 6.01. The van der Waals surface area contributed by atoms with Crippen molar-refractivity contribution in [1.29, 1.82) is 0 Å². The number of nitro groups is 1. The first-order valence-corrected chi connectivity index (χ1v) is 8.50. The topological polar surface area (TPSA) is 90.2 Å². The summed E-state index contributed by atoms with van der Waals surface area (Å²) < 4.78 is 5.64. The van der Waals surface area contributed by atoms with Crippen molar-refractivity contribution in [2.24, 2.45) is 0 Å². The molecule has 0 spiro atoms. The van der Waals surface area contributed by atoms with Gasteiger partial charge in [-0.25, -0.2) is 4.98 Å². The molecule has 7 nitrogen and oxygen atoms in total. The molecule has 0 aliphatic carbocycles. The zero-order valence-electron chi connectivity index (χ0n) is 15.0. The second-order valence-electron chi connectivity index (χ2n) is 6.09. The molecule has 0 amide bonds. The highest BCUT2D eigenvalue weighted by atomic mass is 35.5. The van der Waals surface area contributed by atoms with Gasteiger partial charge in [-0.3, -0.25) is 10.1 Å². The third-order valence-electron chi connectivity index (χ3n) is 3.95. The molecule has 3 aromatic rings. The van der Waals surface area contributed by atoms with Gasteiger partial charge in [-0.05, 0) is 56.2 Å². The number of halogens is 1. The van der Waals surface area contributed by atoms with Crippen molar-refractivity contribution < 1.29 is 9.66 Å². The van der Waals surface area contributed by atoms with Crippen molar-refractivity contribution in [3.05, 3.63) is 74.6 Å². The fourth-order valence-electron chi connectivity index (χ4n) is 2.57. The Kier molecular flexibility index (Phi) is 5.23. The lowest BCUT2D eigenvalue weighted by Gasteiger charge is -2.12. The average Bonchev–Trinajstić information content (AvgIpc) is 2.60. The minimum atomic E-state index is -0.566. The summed E-state index contributed by atoms with van der Waals surface area (Å²) in [5.74, 6) is 0.308. The molecule has 0 aliphatic heterocycles. The summed E-state index contributed by atoms with van der Waals surface area (Å²) in [6.45, 7) is 5.71. The first kappa shape index (κ1) is 18.6. The van der Waals surface area contributed by atoms with Gasteiger partial charge in [0, 0.05) is 10.7 Å². The minimum Gasteiger partial charge on any atom is -0.434 e. The molecule has 1 aromatic heterocycles. The lowest BCUT2D eigenvalue weighted by molar-refractivity contribution is -0.385. The number of benzene rings is 2. The van der Waals surface area contributed by atoms with Crippen LogP contribution in [-0.2, 0) is 0 Å². The number of nitrogens with zero attached hydrogens (tertiary/aromatic N) is 3. The van der Waals surface area contributed by atoms with Crippen molar-refractivity contribution in [3.63, 3.8) is 0 Å². The quantitative estimate of drug-likeness (QED) is 0.461. The number of aryl methyl sites for hydroxylation is 3. The maximum atomic E-state index is 11.7. The number of rotatable bonds is 5. The van der Waals surface area contributed by atoms with Crippen LogP contribution in [0.5, 0.6) is 11.6 Å². The molecule has 0 atom stereocenters. The van der Waals surface area contributed by atoms with Gasteiger partial charge < -0.3 is 10.1 Å². The predicted molar refractivity (Wildman–Crippen MR) is 104 cm³/mol. The molecule has 0 unspecified atom stereocenters. The van der Waals surface area contributed by atoms with Crippen LogP contribution in [0.25, 0.3) is 0 Å². The molecule has 2 aromatic carbocycles. The monoisotopic (exact) mass is 384 g/mol. The molecule has 138 valence electrons. The van der Waals surface area contributed by atoms with Crippen LogP contribution in [0.2, 0.25) is 5.02 Å². The second kappa shape index (κ2) is 7.59. The lowest BCUT2D eigenvalue weighted by Crippen LogP contribution is -2.04. The van der Waals surface area contributed by atoms with Crippen molar-refractivity contribution in [1.82, 2.24) is 9.97 Å². The molecule has 27 heavy (non-hydrogen) atoms. The van der Waals surface area contributed by atoms with Crippen molar-refractivity contribution in [2.75, 3.05) is 5.32 Å². The van der Waals surface area contributed by atoms with Gasteiger partial charge in [0.1, 0.15) is 12.1 Å². The Bertz CT molecular complexity index is 1020. The molecule has 0 saturated carbocycles. The number of nitrogens with one attached hydrogen (secondary N) is 1. The largest absolute Gasteiger partial charge is 0.434 e. The highest BCUT2D eigenvalue weighted by Crippen LogP contribution is 2.36. The van der Waals surface area contributed by atoms with Crippen molar-refractivity contribution >= 4 is 28.8 Å². The molecule has 1 N–H and O–H groups in total. The van der Waals surface area contributed by atoms with Crippen molar-refractivity contribution in [3.8, 4) is 11.6 Å². The fraction of sp³-hybridized carbons (Fsp3) is 0.158. The summed E-state index contributed by atoms with van der Waals surface area (Å²) in [4.78, 5) is 19.1. The smallest absolute Gasteiger partial charge is 0.373 e. The molecule has 1 heterocycles. The maximum Gasteiger partial charge on any atom is 0.373 e. The second-order valence-corrected chi connectivity index (χ2v) is 6.50. The van der Waals surface area contributed by atoms with E-state index in [0.717, 1.165) is 22.4 Å². The van der Waals surface area contributed by atoms with Gasteiger partial charge in [0.15, 0.2) is 0 Å². The first-order valence-electron chi connectivity index (χ1n) is 8.13. The van der Waals surface area contributed by atoms with Gasteiger partial charge in [0.2, 0.25) is 5.82 Å². The van der Waals surface area contributed by atoms with E-state index in [4.69, 9.17) is 16.3 Å². The summed E-state index contributed by atoms with van der Waals surface area (Å²) in [7, 11) is 0. The Balaban J connectivity index is 1.99. The van der Waals surface area contributed by atoms with Crippen LogP contribution in [0.3, 0.4) is 0 Å². The van der Waals surface area contributed by atoms with Gasteiger partial charge >= 0.3 is 11.6 Å². The number of hydrogen-bond donors (Lipinski definition) is 1. The molecule has 0 aliphatic rings. The zero-order chi connectivity index (χ0) is 19.6. The lowest BCUT2D eigenvalue weighted by atomic mass is 10.1.